The van der Waals surface area contributed by atoms with Crippen LogP contribution in [0.4, 0.5) is 23.6 Å². The summed E-state index contributed by atoms with van der Waals surface area (Å²) >= 11 is 0. The number of alkyl halides is 3. The zero-order valence-corrected chi connectivity index (χ0v) is 14.6. The molecule has 1 aliphatic heterocycles. The van der Waals surface area contributed by atoms with Crippen LogP contribution in [0.2, 0.25) is 0 Å². The maximum Gasteiger partial charge on any atom is 0.393 e. The molecule has 0 unspecified atom stereocenters. The molecule has 0 spiro atoms. The van der Waals surface area contributed by atoms with Gasteiger partial charge in [0.15, 0.2) is 0 Å². The number of carbonyl (C=O) groups is 1. The van der Waals surface area contributed by atoms with Gasteiger partial charge in [0.05, 0.1) is 5.92 Å². The number of nitrogens with zero attached hydrogens (tertiary/aromatic N) is 3. The van der Waals surface area contributed by atoms with Crippen LogP contribution in [0, 0.1) is 11.7 Å². The van der Waals surface area contributed by atoms with Gasteiger partial charge in [0, 0.05) is 18.2 Å². The first-order valence-corrected chi connectivity index (χ1v) is 8.38. The zero-order valence-electron chi connectivity index (χ0n) is 14.6. The molecule has 3 atom stereocenters. The smallest absolute Gasteiger partial charge is 0.393 e. The largest absolute Gasteiger partial charge is 0.403 e. The average Bonchev–Trinajstić information content (AvgIpc) is 3.21. The number of hydrogen-bond donors (Lipinski definition) is 1. The van der Waals surface area contributed by atoms with Crippen LogP contribution in [0.1, 0.15) is 20.3 Å². The highest BCUT2D eigenvalue weighted by Gasteiger charge is 2.48. The lowest BCUT2D eigenvalue weighted by Gasteiger charge is -2.25. The number of rotatable bonds is 4. The number of benzene rings is 1. The fourth-order valence-electron chi connectivity index (χ4n) is 3.06. The summed E-state index contributed by atoms with van der Waals surface area (Å²) in [6.07, 6.45) is -4.44. The van der Waals surface area contributed by atoms with Crippen molar-refractivity contribution in [2.24, 2.45) is 5.92 Å². The van der Waals surface area contributed by atoms with Crippen molar-refractivity contribution >= 4 is 11.9 Å². The van der Waals surface area contributed by atoms with E-state index in [0.29, 0.717) is 5.56 Å². The van der Waals surface area contributed by atoms with Crippen molar-refractivity contribution in [1.82, 2.24) is 15.1 Å². The molecule has 146 valence electrons. The fourth-order valence-corrected chi connectivity index (χ4v) is 3.06. The van der Waals surface area contributed by atoms with Gasteiger partial charge in [0.2, 0.25) is 11.8 Å². The zero-order chi connectivity index (χ0) is 19.8. The molecule has 3 rings (SSSR count). The average molecular weight is 386 g/mol. The van der Waals surface area contributed by atoms with Gasteiger partial charge in [-0.2, -0.15) is 13.2 Å². The van der Waals surface area contributed by atoms with E-state index in [-0.39, 0.29) is 24.9 Å². The quantitative estimate of drug-likeness (QED) is 0.815. The molecule has 1 aliphatic rings. The van der Waals surface area contributed by atoms with Crippen LogP contribution in [-0.2, 0) is 4.79 Å². The standard InChI is InChI=1S/C17H18F4N4O2/c1-9-7-12(17(19,20)21)8-25(9)15(26)10(2)22-16-24-23-14(27-16)11-3-5-13(18)6-4-11/h3-6,9-10,12H,7-8H2,1-2H3,(H,22,24)/t9-,10+,12+/m0/s1. The molecule has 1 fully saturated rings. The summed E-state index contributed by atoms with van der Waals surface area (Å²) in [4.78, 5) is 13.7. The molecule has 1 N–H and O–H groups in total. The Morgan fingerprint density at radius 1 is 1.30 bits per heavy atom. The molecule has 0 bridgehead atoms. The van der Waals surface area contributed by atoms with Gasteiger partial charge in [-0.3, -0.25) is 4.79 Å². The SMILES string of the molecule is C[C@@H](Nc1nnc(-c2ccc(F)cc2)o1)C(=O)N1C[C@H](C(F)(F)F)C[C@@H]1C. The van der Waals surface area contributed by atoms with E-state index in [1.165, 1.54) is 36.1 Å². The summed E-state index contributed by atoms with van der Waals surface area (Å²) in [5.74, 6) is -2.27. The summed E-state index contributed by atoms with van der Waals surface area (Å²) < 4.78 is 57.0. The monoisotopic (exact) mass is 386 g/mol. The third-order valence-electron chi connectivity index (χ3n) is 4.55. The number of aromatic nitrogens is 2. The van der Waals surface area contributed by atoms with Crippen LogP contribution < -0.4 is 5.32 Å². The highest BCUT2D eigenvalue weighted by molar-refractivity contribution is 5.84. The highest BCUT2D eigenvalue weighted by atomic mass is 19.4. The van der Waals surface area contributed by atoms with Crippen molar-refractivity contribution in [3.05, 3.63) is 30.1 Å². The Labute approximate surface area is 152 Å². The van der Waals surface area contributed by atoms with Gasteiger partial charge in [0.25, 0.3) is 0 Å². The molecule has 0 aliphatic carbocycles. The van der Waals surface area contributed by atoms with Gasteiger partial charge in [-0.1, -0.05) is 5.10 Å². The molecule has 1 aromatic carbocycles. The molecular weight excluding hydrogens is 368 g/mol. The molecular formula is C17H18F4N4O2. The first kappa shape index (κ1) is 19.1. The molecule has 1 aromatic heterocycles. The Morgan fingerprint density at radius 3 is 2.56 bits per heavy atom. The van der Waals surface area contributed by atoms with Gasteiger partial charge in [-0.15, -0.1) is 5.10 Å². The Balaban J connectivity index is 1.64. The number of carbonyl (C=O) groups excluding carboxylic acids is 1. The minimum Gasteiger partial charge on any atom is -0.403 e. The number of amides is 1. The van der Waals surface area contributed by atoms with E-state index < -0.39 is 35.9 Å². The molecule has 10 heteroatoms. The summed E-state index contributed by atoms with van der Waals surface area (Å²) in [5, 5.41) is 10.3. The summed E-state index contributed by atoms with van der Waals surface area (Å²) in [5.41, 5.74) is 0.497. The predicted octanol–water partition coefficient (Wildman–Crippen LogP) is 3.48. The first-order chi connectivity index (χ1) is 12.6. The Bertz CT molecular complexity index is 806. The van der Waals surface area contributed by atoms with Crippen LogP contribution in [0.25, 0.3) is 11.5 Å². The van der Waals surface area contributed by atoms with Crippen molar-refractivity contribution < 1.29 is 26.8 Å². The second-order valence-corrected chi connectivity index (χ2v) is 6.60. The molecule has 0 saturated carbocycles. The van der Waals surface area contributed by atoms with Crippen LogP contribution >= 0.6 is 0 Å². The lowest BCUT2D eigenvalue weighted by molar-refractivity contribution is -0.171. The van der Waals surface area contributed by atoms with Gasteiger partial charge in [0.1, 0.15) is 11.9 Å². The molecule has 1 amide bonds. The number of halogens is 4. The third kappa shape index (κ3) is 4.20. The molecule has 2 heterocycles. The van der Waals surface area contributed by atoms with Crippen molar-refractivity contribution in [2.75, 3.05) is 11.9 Å². The van der Waals surface area contributed by atoms with E-state index in [4.69, 9.17) is 4.42 Å². The maximum atomic E-state index is 13.0. The van der Waals surface area contributed by atoms with E-state index in [9.17, 15) is 22.4 Å². The van der Waals surface area contributed by atoms with Gasteiger partial charge in [-0.25, -0.2) is 4.39 Å². The van der Waals surface area contributed by atoms with Crippen molar-refractivity contribution in [1.29, 1.82) is 0 Å². The Morgan fingerprint density at radius 2 is 1.96 bits per heavy atom. The lowest BCUT2D eigenvalue weighted by Crippen LogP contribution is -2.43. The van der Waals surface area contributed by atoms with Crippen molar-refractivity contribution in [2.45, 2.75) is 38.5 Å². The second-order valence-electron chi connectivity index (χ2n) is 6.60. The van der Waals surface area contributed by atoms with E-state index in [1.807, 2.05) is 0 Å². The third-order valence-corrected chi connectivity index (χ3v) is 4.55. The molecule has 2 aromatic rings. The van der Waals surface area contributed by atoms with Gasteiger partial charge >= 0.3 is 12.2 Å². The van der Waals surface area contributed by atoms with Crippen LogP contribution in [0.15, 0.2) is 28.7 Å². The highest BCUT2D eigenvalue weighted by Crippen LogP contribution is 2.36. The number of hydrogen-bond acceptors (Lipinski definition) is 5. The minimum atomic E-state index is -4.32. The number of nitrogens with one attached hydrogen (secondary N) is 1. The molecule has 27 heavy (non-hydrogen) atoms. The fraction of sp³-hybridized carbons (Fsp3) is 0.471. The van der Waals surface area contributed by atoms with Gasteiger partial charge < -0.3 is 14.6 Å². The van der Waals surface area contributed by atoms with E-state index in [2.05, 4.69) is 15.5 Å². The topological polar surface area (TPSA) is 71.3 Å². The summed E-state index contributed by atoms with van der Waals surface area (Å²) in [7, 11) is 0. The second kappa shape index (κ2) is 7.16. The van der Waals surface area contributed by atoms with Crippen LogP contribution in [0.3, 0.4) is 0 Å². The predicted molar refractivity (Wildman–Crippen MR) is 88.1 cm³/mol. The van der Waals surface area contributed by atoms with Crippen molar-refractivity contribution in [3.63, 3.8) is 0 Å². The number of anilines is 1. The Hall–Kier alpha value is -2.65. The maximum absolute atomic E-state index is 13.0. The minimum absolute atomic E-state index is 0.0469. The lowest BCUT2D eigenvalue weighted by atomic mass is 10.1. The summed E-state index contributed by atoms with van der Waals surface area (Å²) in [6, 6.07) is 4.01. The molecule has 6 nitrogen and oxygen atoms in total. The number of likely N-dealkylation sites (tertiary alicyclic amines) is 1. The molecule has 1 saturated heterocycles. The Kier molecular flexibility index (Phi) is 5.07. The van der Waals surface area contributed by atoms with E-state index >= 15 is 0 Å². The molecule has 0 radical (unpaired) electrons. The van der Waals surface area contributed by atoms with E-state index in [1.54, 1.807) is 6.92 Å². The van der Waals surface area contributed by atoms with Gasteiger partial charge in [-0.05, 0) is 44.5 Å². The van der Waals surface area contributed by atoms with Crippen LogP contribution in [-0.4, -0.2) is 45.8 Å². The van der Waals surface area contributed by atoms with E-state index in [0.717, 1.165) is 0 Å². The van der Waals surface area contributed by atoms with Crippen LogP contribution in [0.5, 0.6) is 0 Å². The summed E-state index contributed by atoms with van der Waals surface area (Å²) in [6.45, 7) is 2.74. The first-order valence-electron chi connectivity index (χ1n) is 8.38. The normalized spacial score (nSPS) is 21.3. The van der Waals surface area contributed by atoms with Crippen molar-refractivity contribution in [3.8, 4) is 11.5 Å².